The maximum atomic E-state index is 11.3. The molecule has 1 aromatic heterocycles. The predicted molar refractivity (Wildman–Crippen MR) is 134 cm³/mol. The quantitative estimate of drug-likeness (QED) is 0.506. The van der Waals surface area contributed by atoms with Crippen LogP contribution in [0.25, 0.3) is 0 Å². The Labute approximate surface area is 205 Å². The van der Waals surface area contributed by atoms with Crippen LogP contribution in [-0.2, 0) is 0 Å². The highest BCUT2D eigenvalue weighted by molar-refractivity contribution is 5.85. The number of piperazine rings is 1. The highest BCUT2D eigenvalue weighted by Crippen LogP contribution is 2.46. The van der Waals surface area contributed by atoms with Gasteiger partial charge in [-0.05, 0) is 68.2 Å². The molecule has 3 fully saturated rings. The zero-order chi connectivity index (χ0) is 24.4. The van der Waals surface area contributed by atoms with Crippen LogP contribution in [0.4, 0.5) is 17.2 Å². The molecule has 1 aromatic carbocycles. The van der Waals surface area contributed by atoms with Crippen molar-refractivity contribution >= 4 is 23.2 Å². The maximum absolute atomic E-state index is 11.3. The average Bonchev–Trinajstić information content (AvgIpc) is 2.90. The van der Waals surface area contributed by atoms with E-state index in [9.17, 15) is 20.0 Å². The molecule has 1 aliphatic carbocycles. The van der Waals surface area contributed by atoms with Crippen LogP contribution in [0.15, 0.2) is 42.5 Å². The smallest absolute Gasteiger partial charge is 0.354 e. The highest BCUT2D eigenvalue weighted by atomic mass is 16.6. The SMILES string of the molecule is O=C(O)c1cccc(N2CCC3(CCC(N4CCN(c5ccc([N+](=O)[O-])cc5)CC4)CC3)CC2)n1. The number of nitrogens with zero attached hydrogens (tertiary/aromatic N) is 5. The molecule has 186 valence electrons. The minimum Gasteiger partial charge on any atom is -0.477 e. The number of carbonyl (C=O) groups is 1. The number of benzene rings is 1. The van der Waals surface area contributed by atoms with Crippen molar-refractivity contribution in [1.29, 1.82) is 0 Å². The summed E-state index contributed by atoms with van der Waals surface area (Å²) in [5.41, 5.74) is 1.72. The molecule has 2 aliphatic heterocycles. The van der Waals surface area contributed by atoms with Gasteiger partial charge in [-0.2, -0.15) is 0 Å². The second-order valence-electron chi connectivity index (χ2n) is 10.2. The summed E-state index contributed by atoms with van der Waals surface area (Å²) in [7, 11) is 0. The summed E-state index contributed by atoms with van der Waals surface area (Å²) in [4.78, 5) is 33.3. The number of piperidine rings is 1. The number of carboxylic acid groups (broad SMARTS) is 1. The van der Waals surface area contributed by atoms with Crippen LogP contribution in [0.2, 0.25) is 0 Å². The highest BCUT2D eigenvalue weighted by Gasteiger charge is 2.40. The largest absolute Gasteiger partial charge is 0.477 e. The van der Waals surface area contributed by atoms with Crippen molar-refractivity contribution < 1.29 is 14.8 Å². The lowest BCUT2D eigenvalue weighted by Crippen LogP contribution is -2.52. The van der Waals surface area contributed by atoms with Crippen LogP contribution in [-0.4, -0.2) is 71.2 Å². The number of pyridine rings is 1. The third-order valence-corrected chi connectivity index (χ3v) is 8.37. The number of aromatic carboxylic acids is 1. The van der Waals surface area contributed by atoms with E-state index in [2.05, 4.69) is 19.7 Å². The lowest BCUT2D eigenvalue weighted by Gasteiger charge is -2.49. The molecule has 35 heavy (non-hydrogen) atoms. The van der Waals surface area contributed by atoms with E-state index in [1.807, 2.05) is 18.2 Å². The molecule has 0 bridgehead atoms. The first kappa shape index (κ1) is 23.5. The summed E-state index contributed by atoms with van der Waals surface area (Å²) in [5.74, 6) is -0.202. The number of non-ortho nitro benzene ring substituents is 1. The molecule has 2 aromatic rings. The van der Waals surface area contributed by atoms with Gasteiger partial charge >= 0.3 is 5.97 Å². The van der Waals surface area contributed by atoms with Crippen molar-refractivity contribution in [3.05, 3.63) is 58.3 Å². The minimum absolute atomic E-state index is 0.108. The molecule has 1 N–H and O–H groups in total. The molecular weight excluding hydrogens is 446 g/mol. The van der Waals surface area contributed by atoms with Gasteiger partial charge in [-0.15, -0.1) is 0 Å². The number of hydrogen-bond acceptors (Lipinski definition) is 7. The van der Waals surface area contributed by atoms with Gasteiger partial charge in [-0.1, -0.05) is 6.07 Å². The number of hydrogen-bond donors (Lipinski definition) is 1. The molecule has 5 rings (SSSR count). The molecule has 9 nitrogen and oxygen atoms in total. The Balaban J connectivity index is 1.09. The molecule has 9 heteroatoms. The molecule has 3 heterocycles. The Bertz CT molecular complexity index is 1050. The first-order valence-electron chi connectivity index (χ1n) is 12.6. The van der Waals surface area contributed by atoms with Crippen molar-refractivity contribution in [2.45, 2.75) is 44.6 Å². The number of anilines is 2. The molecule has 0 atom stereocenters. The van der Waals surface area contributed by atoms with E-state index >= 15 is 0 Å². The van der Waals surface area contributed by atoms with Crippen LogP contribution in [0.3, 0.4) is 0 Å². The van der Waals surface area contributed by atoms with Crippen molar-refractivity contribution in [2.75, 3.05) is 49.1 Å². The van der Waals surface area contributed by atoms with Crippen LogP contribution >= 0.6 is 0 Å². The van der Waals surface area contributed by atoms with Gasteiger partial charge in [0.05, 0.1) is 4.92 Å². The summed E-state index contributed by atoms with van der Waals surface area (Å²) in [6.07, 6.45) is 7.29. The maximum Gasteiger partial charge on any atom is 0.354 e. The summed E-state index contributed by atoms with van der Waals surface area (Å²) in [6.45, 7) is 5.86. The van der Waals surface area contributed by atoms with E-state index < -0.39 is 5.97 Å². The summed E-state index contributed by atoms with van der Waals surface area (Å²) >= 11 is 0. The lowest BCUT2D eigenvalue weighted by atomic mass is 9.66. The molecule has 2 saturated heterocycles. The first-order chi connectivity index (χ1) is 16.9. The second-order valence-corrected chi connectivity index (χ2v) is 10.2. The Morgan fingerprint density at radius 1 is 0.914 bits per heavy atom. The van der Waals surface area contributed by atoms with Crippen molar-refractivity contribution in [1.82, 2.24) is 9.88 Å². The van der Waals surface area contributed by atoms with E-state index in [1.165, 1.54) is 25.7 Å². The molecule has 0 unspecified atom stereocenters. The minimum atomic E-state index is -0.979. The number of aromatic nitrogens is 1. The van der Waals surface area contributed by atoms with Crippen molar-refractivity contribution in [2.24, 2.45) is 5.41 Å². The third-order valence-electron chi connectivity index (χ3n) is 8.37. The molecular formula is C26H33N5O4. The standard InChI is InChI=1S/C26H33N5O4/c32-25(33)23-2-1-3-24(27-23)30-14-12-26(13-15-30)10-8-21(9-11-26)29-18-16-28(17-19-29)20-4-6-22(7-5-20)31(34)35/h1-7,21H,8-19H2,(H,32,33). The normalized spacial score (nSPS) is 21.3. The van der Waals surface area contributed by atoms with Crippen LogP contribution in [0.1, 0.15) is 49.0 Å². The Hall–Kier alpha value is -3.20. The van der Waals surface area contributed by atoms with Gasteiger partial charge in [0.1, 0.15) is 5.82 Å². The van der Waals surface area contributed by atoms with Gasteiger partial charge in [0.15, 0.2) is 5.69 Å². The van der Waals surface area contributed by atoms with Crippen molar-refractivity contribution in [3.63, 3.8) is 0 Å². The van der Waals surface area contributed by atoms with Gasteiger partial charge in [-0.25, -0.2) is 9.78 Å². The van der Waals surface area contributed by atoms with Gasteiger partial charge in [0.2, 0.25) is 0 Å². The zero-order valence-corrected chi connectivity index (χ0v) is 20.0. The summed E-state index contributed by atoms with van der Waals surface area (Å²) < 4.78 is 0. The van der Waals surface area contributed by atoms with E-state index in [1.54, 1.807) is 24.3 Å². The van der Waals surface area contributed by atoms with Gasteiger partial charge < -0.3 is 14.9 Å². The van der Waals surface area contributed by atoms with Gasteiger partial charge in [0.25, 0.3) is 5.69 Å². The topological polar surface area (TPSA) is 103 Å². The van der Waals surface area contributed by atoms with E-state index in [0.29, 0.717) is 11.5 Å². The average molecular weight is 480 g/mol. The van der Waals surface area contributed by atoms with Gasteiger partial charge in [-0.3, -0.25) is 15.0 Å². The monoisotopic (exact) mass is 479 g/mol. The van der Waals surface area contributed by atoms with E-state index in [-0.39, 0.29) is 16.3 Å². The first-order valence-corrected chi connectivity index (χ1v) is 12.6. The number of nitro groups is 1. The molecule has 0 amide bonds. The molecule has 3 aliphatic rings. The fourth-order valence-corrected chi connectivity index (χ4v) is 6.14. The fourth-order valence-electron chi connectivity index (χ4n) is 6.14. The van der Waals surface area contributed by atoms with Crippen LogP contribution in [0.5, 0.6) is 0 Å². The van der Waals surface area contributed by atoms with E-state index in [0.717, 1.165) is 63.6 Å². The van der Waals surface area contributed by atoms with E-state index in [4.69, 9.17) is 0 Å². The molecule has 1 saturated carbocycles. The fraction of sp³-hybridized carbons (Fsp3) is 0.538. The predicted octanol–water partition coefficient (Wildman–Crippen LogP) is 4.04. The lowest BCUT2D eigenvalue weighted by molar-refractivity contribution is -0.384. The Morgan fingerprint density at radius 3 is 2.17 bits per heavy atom. The van der Waals surface area contributed by atoms with Crippen LogP contribution < -0.4 is 9.80 Å². The summed E-state index contributed by atoms with van der Waals surface area (Å²) in [5, 5.41) is 20.1. The number of rotatable bonds is 5. The van der Waals surface area contributed by atoms with Crippen molar-refractivity contribution in [3.8, 4) is 0 Å². The third kappa shape index (κ3) is 5.10. The second kappa shape index (κ2) is 9.81. The zero-order valence-electron chi connectivity index (χ0n) is 20.0. The van der Waals surface area contributed by atoms with Crippen LogP contribution in [0, 0.1) is 15.5 Å². The van der Waals surface area contributed by atoms with Gasteiger partial charge in [0, 0.05) is 63.1 Å². The Morgan fingerprint density at radius 2 is 1.57 bits per heavy atom. The molecule has 0 radical (unpaired) electrons. The Kier molecular flexibility index (Phi) is 6.60. The number of nitro benzene ring substituents is 1. The summed E-state index contributed by atoms with van der Waals surface area (Å²) in [6, 6.07) is 12.8. The molecule has 1 spiro atoms. The number of carboxylic acids is 1.